The summed E-state index contributed by atoms with van der Waals surface area (Å²) in [4.78, 5) is 17.4. The summed E-state index contributed by atoms with van der Waals surface area (Å²) in [7, 11) is 0. The molecule has 5 nitrogen and oxygen atoms in total. The van der Waals surface area contributed by atoms with E-state index in [4.69, 9.17) is 9.84 Å². The van der Waals surface area contributed by atoms with Gasteiger partial charge >= 0.3 is 5.97 Å². The van der Waals surface area contributed by atoms with Crippen LogP contribution in [0.25, 0.3) is 0 Å². The van der Waals surface area contributed by atoms with Crippen molar-refractivity contribution >= 4 is 11.8 Å². The summed E-state index contributed by atoms with van der Waals surface area (Å²) in [6, 6.07) is 3.36. The highest BCUT2D eigenvalue weighted by molar-refractivity contribution is 5.93. The number of nitrogens with zero attached hydrogens (tertiary/aromatic N) is 2. The van der Waals surface area contributed by atoms with E-state index in [0.29, 0.717) is 19.0 Å². The Labute approximate surface area is 100 Å². The fraction of sp³-hybridized carbons (Fsp3) is 0.500. The second-order valence-corrected chi connectivity index (χ2v) is 4.33. The average molecular weight is 236 g/mol. The number of carboxylic acid groups (broad SMARTS) is 1. The third-order valence-corrected chi connectivity index (χ3v) is 2.90. The molecular formula is C12H16N2O3. The van der Waals surface area contributed by atoms with E-state index < -0.39 is 5.97 Å². The molecule has 0 spiro atoms. The zero-order valence-electron chi connectivity index (χ0n) is 9.96. The standard InChI is InChI=1S/C12H16N2O3/c1-8-7-17-9(2)6-14(8)11-10(12(15)16)4-3-5-13-11/h3-5,8-9H,6-7H2,1-2H3,(H,15,16). The van der Waals surface area contributed by atoms with Crippen molar-refractivity contribution in [1.82, 2.24) is 4.98 Å². The summed E-state index contributed by atoms with van der Waals surface area (Å²) >= 11 is 0. The quantitative estimate of drug-likeness (QED) is 0.840. The second-order valence-electron chi connectivity index (χ2n) is 4.33. The van der Waals surface area contributed by atoms with Gasteiger partial charge in [-0.2, -0.15) is 0 Å². The Morgan fingerprint density at radius 2 is 2.35 bits per heavy atom. The molecule has 1 aromatic heterocycles. The van der Waals surface area contributed by atoms with Crippen LogP contribution < -0.4 is 4.90 Å². The molecule has 0 saturated carbocycles. The predicted molar refractivity (Wildman–Crippen MR) is 63.4 cm³/mol. The van der Waals surface area contributed by atoms with Crippen molar-refractivity contribution in [2.45, 2.75) is 26.0 Å². The van der Waals surface area contributed by atoms with Crippen LogP contribution in [-0.4, -0.2) is 41.4 Å². The number of hydrogen-bond acceptors (Lipinski definition) is 4. The van der Waals surface area contributed by atoms with E-state index in [1.54, 1.807) is 18.3 Å². The summed E-state index contributed by atoms with van der Waals surface area (Å²) in [6.07, 6.45) is 1.71. The van der Waals surface area contributed by atoms with E-state index in [1.807, 2.05) is 18.7 Å². The lowest BCUT2D eigenvalue weighted by Gasteiger charge is -2.38. The summed E-state index contributed by atoms with van der Waals surface area (Å²) in [5.74, 6) is -0.415. The largest absolute Gasteiger partial charge is 0.478 e. The highest BCUT2D eigenvalue weighted by Gasteiger charge is 2.27. The lowest BCUT2D eigenvalue weighted by atomic mass is 10.1. The fourth-order valence-corrected chi connectivity index (χ4v) is 1.99. The number of carbonyl (C=O) groups is 1. The average Bonchev–Trinajstić information content (AvgIpc) is 2.32. The Bertz CT molecular complexity index is 422. The van der Waals surface area contributed by atoms with E-state index in [0.717, 1.165) is 0 Å². The maximum absolute atomic E-state index is 11.2. The van der Waals surface area contributed by atoms with E-state index in [1.165, 1.54) is 0 Å². The van der Waals surface area contributed by atoms with Gasteiger partial charge < -0.3 is 14.7 Å². The molecule has 0 aromatic carbocycles. The topological polar surface area (TPSA) is 62.7 Å². The van der Waals surface area contributed by atoms with E-state index in [-0.39, 0.29) is 17.7 Å². The first-order chi connectivity index (χ1) is 8.09. The van der Waals surface area contributed by atoms with Gasteiger partial charge in [-0.15, -0.1) is 0 Å². The van der Waals surface area contributed by atoms with Gasteiger partial charge in [0.15, 0.2) is 0 Å². The van der Waals surface area contributed by atoms with Gasteiger partial charge in [-0.1, -0.05) is 0 Å². The van der Waals surface area contributed by atoms with E-state index in [2.05, 4.69) is 4.98 Å². The van der Waals surface area contributed by atoms with Crippen molar-refractivity contribution < 1.29 is 14.6 Å². The van der Waals surface area contributed by atoms with Crippen LogP contribution in [0, 0.1) is 0 Å². The molecular weight excluding hydrogens is 220 g/mol. The highest BCUT2D eigenvalue weighted by Crippen LogP contribution is 2.23. The Morgan fingerprint density at radius 3 is 3.06 bits per heavy atom. The van der Waals surface area contributed by atoms with Crippen LogP contribution in [0.4, 0.5) is 5.82 Å². The third kappa shape index (κ3) is 2.39. The van der Waals surface area contributed by atoms with Gasteiger partial charge in [0.1, 0.15) is 11.4 Å². The molecule has 0 aliphatic carbocycles. The van der Waals surface area contributed by atoms with E-state index >= 15 is 0 Å². The van der Waals surface area contributed by atoms with Gasteiger partial charge in [-0.3, -0.25) is 0 Å². The minimum atomic E-state index is -0.945. The fourth-order valence-electron chi connectivity index (χ4n) is 1.99. The first kappa shape index (κ1) is 11.9. The maximum Gasteiger partial charge on any atom is 0.339 e. The van der Waals surface area contributed by atoms with Crippen LogP contribution in [0.3, 0.4) is 0 Å². The van der Waals surface area contributed by atoms with Crippen molar-refractivity contribution in [3.05, 3.63) is 23.9 Å². The van der Waals surface area contributed by atoms with Gasteiger partial charge in [0.2, 0.25) is 0 Å². The number of hydrogen-bond donors (Lipinski definition) is 1. The van der Waals surface area contributed by atoms with Crippen molar-refractivity contribution in [2.75, 3.05) is 18.1 Å². The lowest BCUT2D eigenvalue weighted by molar-refractivity contribution is 0.0338. The van der Waals surface area contributed by atoms with E-state index in [9.17, 15) is 4.79 Å². The monoisotopic (exact) mass is 236 g/mol. The molecule has 2 atom stereocenters. The third-order valence-electron chi connectivity index (χ3n) is 2.90. The van der Waals surface area contributed by atoms with Crippen LogP contribution in [0.15, 0.2) is 18.3 Å². The normalized spacial score (nSPS) is 24.7. The number of anilines is 1. The van der Waals surface area contributed by atoms with Gasteiger partial charge in [0.05, 0.1) is 18.8 Å². The van der Waals surface area contributed by atoms with Crippen molar-refractivity contribution in [3.63, 3.8) is 0 Å². The molecule has 1 saturated heterocycles. The Hall–Kier alpha value is -1.62. The molecule has 1 aromatic rings. The van der Waals surface area contributed by atoms with Crippen LogP contribution >= 0.6 is 0 Å². The van der Waals surface area contributed by atoms with Crippen LogP contribution in [0.5, 0.6) is 0 Å². The molecule has 2 rings (SSSR count). The molecule has 1 aliphatic heterocycles. The Kier molecular flexibility index (Phi) is 3.28. The molecule has 1 aliphatic rings. The zero-order valence-corrected chi connectivity index (χ0v) is 9.96. The first-order valence-electron chi connectivity index (χ1n) is 5.66. The molecule has 2 heterocycles. The molecule has 0 amide bonds. The highest BCUT2D eigenvalue weighted by atomic mass is 16.5. The minimum Gasteiger partial charge on any atom is -0.478 e. The molecule has 5 heteroatoms. The van der Waals surface area contributed by atoms with Gasteiger partial charge in [0.25, 0.3) is 0 Å². The summed E-state index contributed by atoms with van der Waals surface area (Å²) in [5.41, 5.74) is 0.244. The number of aromatic carboxylic acids is 1. The van der Waals surface area contributed by atoms with Crippen molar-refractivity contribution in [1.29, 1.82) is 0 Å². The zero-order chi connectivity index (χ0) is 12.4. The lowest BCUT2D eigenvalue weighted by Crippen LogP contribution is -2.48. The predicted octanol–water partition coefficient (Wildman–Crippen LogP) is 1.39. The van der Waals surface area contributed by atoms with Gasteiger partial charge in [-0.25, -0.2) is 9.78 Å². The number of aromatic nitrogens is 1. The minimum absolute atomic E-state index is 0.0925. The Balaban J connectivity index is 2.35. The second kappa shape index (κ2) is 4.71. The molecule has 0 bridgehead atoms. The molecule has 1 fully saturated rings. The molecule has 0 radical (unpaired) electrons. The number of rotatable bonds is 2. The molecule has 1 N–H and O–H groups in total. The van der Waals surface area contributed by atoms with Gasteiger partial charge in [-0.05, 0) is 26.0 Å². The van der Waals surface area contributed by atoms with Crippen LogP contribution in [-0.2, 0) is 4.74 Å². The van der Waals surface area contributed by atoms with Crippen LogP contribution in [0.2, 0.25) is 0 Å². The number of carboxylic acids is 1. The summed E-state index contributed by atoms with van der Waals surface area (Å²) in [6.45, 7) is 5.24. The van der Waals surface area contributed by atoms with Crippen molar-refractivity contribution in [3.8, 4) is 0 Å². The molecule has 17 heavy (non-hydrogen) atoms. The SMILES string of the molecule is CC1CN(c2ncccc2C(=O)O)C(C)CO1. The molecule has 2 unspecified atom stereocenters. The van der Waals surface area contributed by atoms with Crippen molar-refractivity contribution in [2.24, 2.45) is 0 Å². The number of ether oxygens (including phenoxy) is 1. The number of morpholine rings is 1. The van der Waals surface area contributed by atoms with Gasteiger partial charge in [0, 0.05) is 12.7 Å². The summed E-state index contributed by atoms with van der Waals surface area (Å²) in [5, 5.41) is 9.15. The first-order valence-corrected chi connectivity index (χ1v) is 5.66. The maximum atomic E-state index is 11.2. The smallest absolute Gasteiger partial charge is 0.339 e. The number of pyridine rings is 1. The Morgan fingerprint density at radius 1 is 1.59 bits per heavy atom. The summed E-state index contributed by atoms with van der Waals surface area (Å²) < 4.78 is 5.53. The van der Waals surface area contributed by atoms with Crippen LogP contribution in [0.1, 0.15) is 24.2 Å². The molecule has 92 valence electrons.